The topological polar surface area (TPSA) is 65.5 Å². The minimum Gasteiger partial charge on any atom is -0.500 e. The molecule has 0 amide bonds. The van der Waals surface area contributed by atoms with Crippen LogP contribution in [0.15, 0.2) is 36.7 Å². The number of hydrogen-bond donors (Lipinski definition) is 1. The van der Waals surface area contributed by atoms with Crippen molar-refractivity contribution in [1.29, 1.82) is 0 Å². The van der Waals surface area contributed by atoms with E-state index in [9.17, 15) is 8.78 Å². The van der Waals surface area contributed by atoms with E-state index in [4.69, 9.17) is 15.2 Å². The molecule has 0 radical (unpaired) electrons. The Hall–Kier alpha value is -2.29. The van der Waals surface area contributed by atoms with Crippen molar-refractivity contribution in [3.05, 3.63) is 65.2 Å². The number of rotatable bonds is 5. The highest BCUT2D eigenvalue weighted by Gasteiger charge is 2.37. The molecule has 0 unspecified atom stereocenters. The van der Waals surface area contributed by atoms with Gasteiger partial charge in [-0.15, -0.1) is 0 Å². The number of ether oxygens (including phenoxy) is 2. The van der Waals surface area contributed by atoms with Gasteiger partial charge < -0.3 is 15.2 Å². The maximum atomic E-state index is 14.1. The van der Waals surface area contributed by atoms with Crippen LogP contribution in [0.25, 0.3) is 0 Å². The van der Waals surface area contributed by atoms with Crippen LogP contribution in [-0.2, 0) is 29.1 Å². The zero-order chi connectivity index (χ0) is 19.8. The lowest BCUT2D eigenvalue weighted by Gasteiger charge is -2.38. The van der Waals surface area contributed by atoms with Gasteiger partial charge in [0.25, 0.3) is 0 Å². The Morgan fingerprint density at radius 3 is 2.93 bits per heavy atom. The van der Waals surface area contributed by atoms with Crippen molar-refractivity contribution in [3.63, 3.8) is 0 Å². The lowest BCUT2D eigenvalue weighted by atomic mass is 9.93. The molecule has 8 heteroatoms. The van der Waals surface area contributed by atoms with Gasteiger partial charge in [0.2, 0.25) is 0 Å². The van der Waals surface area contributed by atoms with Crippen molar-refractivity contribution in [3.8, 4) is 0 Å². The Morgan fingerprint density at radius 2 is 2.21 bits per heavy atom. The summed E-state index contributed by atoms with van der Waals surface area (Å²) in [6, 6.07) is 3.08. The van der Waals surface area contributed by atoms with Gasteiger partial charge in [-0.25, -0.2) is 8.78 Å². The number of halogens is 2. The Balaban J connectivity index is 1.39. The molecule has 3 atom stereocenters. The molecule has 6 nitrogen and oxygen atoms in total. The minimum absolute atomic E-state index is 0.111. The zero-order valence-corrected chi connectivity index (χ0v) is 15.8. The second kappa shape index (κ2) is 7.62. The Kier molecular flexibility index (Phi) is 5.18. The first-order valence-electron chi connectivity index (χ1n) is 9.27. The predicted molar refractivity (Wildman–Crippen MR) is 99.1 cm³/mol. The van der Waals surface area contributed by atoms with Crippen LogP contribution in [0.3, 0.4) is 0 Å². The standard InChI is InChI=1S/C20H24F2N4O2/c1-12(27-2)7-26-9-13-8-25(10-19(13)24-26)15-6-18(23)20(28-11-15)16-5-14(21)3-4-17(16)22/h3-5,9,15,18,20H,1,6-8,10-11,23H2,2H3/t15-,18+,20-/m1/s1. The van der Waals surface area contributed by atoms with Gasteiger partial charge in [0.15, 0.2) is 0 Å². The number of hydrogen-bond acceptors (Lipinski definition) is 5. The average Bonchev–Trinajstić information content (AvgIpc) is 3.22. The highest BCUT2D eigenvalue weighted by molar-refractivity contribution is 5.24. The monoisotopic (exact) mass is 390 g/mol. The van der Waals surface area contributed by atoms with Crippen molar-refractivity contribution in [2.75, 3.05) is 13.7 Å². The van der Waals surface area contributed by atoms with E-state index in [1.54, 1.807) is 7.11 Å². The van der Waals surface area contributed by atoms with E-state index in [0.29, 0.717) is 31.9 Å². The molecule has 1 fully saturated rings. The molecule has 2 aromatic rings. The first-order chi connectivity index (χ1) is 13.4. The van der Waals surface area contributed by atoms with Crippen molar-refractivity contribution >= 4 is 0 Å². The molecule has 0 aliphatic carbocycles. The third kappa shape index (κ3) is 3.67. The summed E-state index contributed by atoms with van der Waals surface area (Å²) in [5, 5.41) is 4.60. The highest BCUT2D eigenvalue weighted by atomic mass is 19.1. The van der Waals surface area contributed by atoms with Crippen molar-refractivity contribution in [1.82, 2.24) is 14.7 Å². The summed E-state index contributed by atoms with van der Waals surface area (Å²) in [4.78, 5) is 2.27. The molecule has 150 valence electrons. The molecule has 3 heterocycles. The molecule has 0 saturated carbocycles. The van der Waals surface area contributed by atoms with Gasteiger partial charge in [-0.3, -0.25) is 9.58 Å². The highest BCUT2D eigenvalue weighted by Crippen LogP contribution is 2.34. The largest absolute Gasteiger partial charge is 0.500 e. The molecular weight excluding hydrogens is 366 g/mol. The van der Waals surface area contributed by atoms with E-state index < -0.39 is 23.8 Å². The van der Waals surface area contributed by atoms with Gasteiger partial charge in [-0.1, -0.05) is 6.58 Å². The maximum absolute atomic E-state index is 14.1. The summed E-state index contributed by atoms with van der Waals surface area (Å²) < 4.78 is 40.4. The fraction of sp³-hybridized carbons (Fsp3) is 0.450. The number of benzene rings is 1. The Morgan fingerprint density at radius 1 is 1.39 bits per heavy atom. The van der Waals surface area contributed by atoms with Gasteiger partial charge >= 0.3 is 0 Å². The fourth-order valence-corrected chi connectivity index (χ4v) is 3.97. The van der Waals surface area contributed by atoms with E-state index in [1.807, 2.05) is 10.9 Å². The fourth-order valence-electron chi connectivity index (χ4n) is 3.97. The number of aromatic nitrogens is 2. The molecule has 1 aromatic carbocycles. The first-order valence-corrected chi connectivity index (χ1v) is 9.27. The van der Waals surface area contributed by atoms with Crippen molar-refractivity contribution in [2.45, 2.75) is 44.2 Å². The van der Waals surface area contributed by atoms with Gasteiger partial charge in [-0.05, 0) is 24.6 Å². The molecule has 2 aliphatic heterocycles. The second-order valence-electron chi connectivity index (χ2n) is 7.42. The third-order valence-electron chi connectivity index (χ3n) is 5.46. The molecular formula is C20H24F2N4O2. The lowest BCUT2D eigenvalue weighted by Crippen LogP contribution is -2.47. The van der Waals surface area contributed by atoms with Crippen molar-refractivity contribution < 1.29 is 18.3 Å². The number of fused-ring (bicyclic) bond motifs is 1. The number of nitrogens with two attached hydrogens (primary N) is 1. The maximum Gasteiger partial charge on any atom is 0.129 e. The quantitative estimate of drug-likeness (QED) is 0.795. The van der Waals surface area contributed by atoms with Crippen LogP contribution in [-0.4, -0.2) is 40.5 Å². The van der Waals surface area contributed by atoms with Crippen LogP contribution in [0, 0.1) is 11.6 Å². The van der Waals surface area contributed by atoms with Crippen LogP contribution in [0.1, 0.15) is 29.3 Å². The summed E-state index contributed by atoms with van der Waals surface area (Å²) in [6.45, 7) is 6.23. The lowest BCUT2D eigenvalue weighted by molar-refractivity contribution is -0.0533. The normalized spacial score (nSPS) is 24.9. The van der Waals surface area contributed by atoms with E-state index in [2.05, 4.69) is 16.6 Å². The van der Waals surface area contributed by atoms with E-state index in [1.165, 1.54) is 6.07 Å². The van der Waals surface area contributed by atoms with Crippen molar-refractivity contribution in [2.24, 2.45) is 5.73 Å². The molecule has 2 N–H and O–H groups in total. The Labute approximate surface area is 162 Å². The SMILES string of the molecule is C=C(Cn1cc2c(n1)CN([C@H]1CO[C@H](c3cc(F)ccc3F)[C@@H](N)C1)C2)OC. The minimum atomic E-state index is -0.638. The molecule has 1 saturated heterocycles. The average molecular weight is 390 g/mol. The molecule has 1 aromatic heterocycles. The first kappa shape index (κ1) is 19.0. The summed E-state index contributed by atoms with van der Waals surface area (Å²) >= 11 is 0. The van der Waals surface area contributed by atoms with Crippen LogP contribution in [0.5, 0.6) is 0 Å². The van der Waals surface area contributed by atoms with E-state index in [0.717, 1.165) is 29.9 Å². The van der Waals surface area contributed by atoms with Crippen LogP contribution < -0.4 is 5.73 Å². The smallest absolute Gasteiger partial charge is 0.129 e. The second-order valence-corrected chi connectivity index (χ2v) is 7.42. The van der Waals surface area contributed by atoms with E-state index in [-0.39, 0.29) is 11.6 Å². The summed E-state index contributed by atoms with van der Waals surface area (Å²) in [6.07, 6.45) is 2.01. The van der Waals surface area contributed by atoms with Crippen LogP contribution >= 0.6 is 0 Å². The predicted octanol–water partition coefficient (Wildman–Crippen LogP) is 2.49. The van der Waals surface area contributed by atoms with Gasteiger partial charge in [-0.2, -0.15) is 5.10 Å². The number of nitrogens with zero attached hydrogens (tertiary/aromatic N) is 3. The molecule has 4 rings (SSSR count). The number of allylic oxidation sites excluding steroid dienone is 1. The summed E-state index contributed by atoms with van der Waals surface area (Å²) in [5.74, 6) is -0.332. The van der Waals surface area contributed by atoms with Crippen LogP contribution in [0.4, 0.5) is 8.78 Å². The van der Waals surface area contributed by atoms with Gasteiger partial charge in [0, 0.05) is 42.5 Å². The molecule has 28 heavy (non-hydrogen) atoms. The summed E-state index contributed by atoms with van der Waals surface area (Å²) in [5.41, 5.74) is 8.65. The van der Waals surface area contributed by atoms with Crippen LogP contribution in [0.2, 0.25) is 0 Å². The zero-order valence-electron chi connectivity index (χ0n) is 15.8. The third-order valence-corrected chi connectivity index (χ3v) is 5.46. The summed E-state index contributed by atoms with van der Waals surface area (Å²) in [7, 11) is 1.59. The molecule has 2 aliphatic rings. The van der Waals surface area contributed by atoms with Gasteiger partial charge in [0.1, 0.15) is 23.5 Å². The molecule has 0 spiro atoms. The van der Waals surface area contributed by atoms with Gasteiger partial charge in [0.05, 0.1) is 26.0 Å². The Bertz CT molecular complexity index is 862. The molecule has 0 bridgehead atoms. The number of methoxy groups -OCH3 is 1. The van der Waals surface area contributed by atoms with E-state index >= 15 is 0 Å².